The molecule has 1 N–H and O–H groups in total. The topological polar surface area (TPSA) is 40.5 Å². The molecule has 2 fully saturated rings. The van der Waals surface area contributed by atoms with Gasteiger partial charge >= 0.3 is 5.97 Å². The Balaban J connectivity index is 2.01. The molecule has 1 saturated carbocycles. The van der Waals surface area contributed by atoms with Crippen LogP contribution in [0.1, 0.15) is 38.5 Å². The molecule has 2 aliphatic rings. The van der Waals surface area contributed by atoms with Crippen LogP contribution in [0.3, 0.4) is 0 Å². The van der Waals surface area contributed by atoms with Gasteiger partial charge in [-0.25, -0.2) is 0 Å². The van der Waals surface area contributed by atoms with Crippen molar-refractivity contribution in [2.45, 2.75) is 44.6 Å². The summed E-state index contributed by atoms with van der Waals surface area (Å²) in [5.41, 5.74) is 0. The Morgan fingerprint density at radius 3 is 2.36 bits per heavy atom. The number of carbonyl (C=O) groups is 1. The fraction of sp³-hybridized carbons (Fsp3) is 0.909. The molecule has 0 aromatic carbocycles. The smallest absolute Gasteiger partial charge is 0.308 e. The highest BCUT2D eigenvalue weighted by molar-refractivity contribution is 5.71. The molecule has 1 aliphatic heterocycles. The lowest BCUT2D eigenvalue weighted by molar-refractivity contribution is -0.145. The minimum Gasteiger partial charge on any atom is -0.481 e. The van der Waals surface area contributed by atoms with Crippen LogP contribution in [0.4, 0.5) is 0 Å². The van der Waals surface area contributed by atoms with Gasteiger partial charge in [-0.2, -0.15) is 0 Å². The largest absolute Gasteiger partial charge is 0.481 e. The Bertz CT molecular complexity index is 211. The van der Waals surface area contributed by atoms with Gasteiger partial charge in [-0.15, -0.1) is 0 Å². The molecule has 0 radical (unpaired) electrons. The predicted octanol–water partition coefficient (Wildman–Crippen LogP) is 1.73. The lowest BCUT2D eigenvalue weighted by Crippen LogP contribution is -2.43. The SMILES string of the molecule is O=C(O)[C@H]1CCCC[C@H]1N1CCCC1. The van der Waals surface area contributed by atoms with Gasteiger partial charge in [0.05, 0.1) is 5.92 Å². The lowest BCUT2D eigenvalue weighted by Gasteiger charge is -2.35. The second-order valence-electron chi connectivity index (χ2n) is 4.54. The van der Waals surface area contributed by atoms with Crippen LogP contribution in [0.5, 0.6) is 0 Å². The molecule has 1 aliphatic carbocycles. The second-order valence-corrected chi connectivity index (χ2v) is 4.54. The summed E-state index contributed by atoms with van der Waals surface area (Å²) in [6.07, 6.45) is 6.80. The first-order valence-electron chi connectivity index (χ1n) is 5.76. The van der Waals surface area contributed by atoms with Crippen LogP contribution in [-0.2, 0) is 4.79 Å². The Hall–Kier alpha value is -0.570. The first-order chi connectivity index (χ1) is 6.79. The number of likely N-dealkylation sites (tertiary alicyclic amines) is 1. The zero-order valence-corrected chi connectivity index (χ0v) is 8.61. The number of hydrogen-bond donors (Lipinski definition) is 1. The Morgan fingerprint density at radius 2 is 1.71 bits per heavy atom. The molecule has 0 spiro atoms. The first-order valence-corrected chi connectivity index (χ1v) is 5.76. The maximum atomic E-state index is 11.1. The van der Waals surface area contributed by atoms with Crippen molar-refractivity contribution in [3.05, 3.63) is 0 Å². The maximum absolute atomic E-state index is 11.1. The molecule has 0 aromatic rings. The van der Waals surface area contributed by atoms with Gasteiger partial charge in [-0.05, 0) is 38.8 Å². The highest BCUT2D eigenvalue weighted by Gasteiger charge is 2.35. The number of carboxylic acids is 1. The molecular weight excluding hydrogens is 178 g/mol. The Morgan fingerprint density at radius 1 is 1.07 bits per heavy atom. The van der Waals surface area contributed by atoms with E-state index in [1.807, 2.05) is 0 Å². The van der Waals surface area contributed by atoms with E-state index in [0.29, 0.717) is 6.04 Å². The molecule has 0 aromatic heterocycles. The van der Waals surface area contributed by atoms with Crippen molar-refractivity contribution in [3.8, 4) is 0 Å². The van der Waals surface area contributed by atoms with Crippen LogP contribution in [0.25, 0.3) is 0 Å². The summed E-state index contributed by atoms with van der Waals surface area (Å²) in [6.45, 7) is 2.24. The summed E-state index contributed by atoms with van der Waals surface area (Å²) in [4.78, 5) is 13.5. The molecule has 0 amide bonds. The second kappa shape index (κ2) is 4.30. The van der Waals surface area contributed by atoms with Gasteiger partial charge in [-0.3, -0.25) is 9.69 Å². The third-order valence-corrected chi connectivity index (χ3v) is 3.66. The summed E-state index contributed by atoms with van der Waals surface area (Å²) >= 11 is 0. The average Bonchev–Trinajstić information content (AvgIpc) is 2.70. The number of rotatable bonds is 2. The summed E-state index contributed by atoms with van der Waals surface area (Å²) in [5, 5.41) is 9.14. The summed E-state index contributed by atoms with van der Waals surface area (Å²) in [7, 11) is 0. The van der Waals surface area contributed by atoms with Gasteiger partial charge < -0.3 is 5.11 Å². The number of aliphatic carboxylic acids is 1. The van der Waals surface area contributed by atoms with E-state index in [1.54, 1.807) is 0 Å². The van der Waals surface area contributed by atoms with Crippen molar-refractivity contribution in [3.63, 3.8) is 0 Å². The van der Waals surface area contributed by atoms with Crippen LogP contribution in [0.2, 0.25) is 0 Å². The maximum Gasteiger partial charge on any atom is 0.308 e. The zero-order valence-electron chi connectivity index (χ0n) is 8.61. The summed E-state index contributed by atoms with van der Waals surface area (Å²) in [6, 6.07) is 0.337. The van der Waals surface area contributed by atoms with Crippen LogP contribution in [-0.4, -0.2) is 35.1 Å². The first kappa shape index (κ1) is 9.97. The van der Waals surface area contributed by atoms with E-state index in [1.165, 1.54) is 19.3 Å². The molecule has 14 heavy (non-hydrogen) atoms. The molecule has 80 valence electrons. The molecule has 3 nitrogen and oxygen atoms in total. The van der Waals surface area contributed by atoms with Gasteiger partial charge in [0.1, 0.15) is 0 Å². The monoisotopic (exact) mass is 197 g/mol. The van der Waals surface area contributed by atoms with Gasteiger partial charge in [0.15, 0.2) is 0 Å². The van der Waals surface area contributed by atoms with E-state index in [4.69, 9.17) is 5.11 Å². The fourth-order valence-electron chi connectivity index (χ4n) is 2.91. The van der Waals surface area contributed by atoms with Crippen molar-refractivity contribution >= 4 is 5.97 Å². The highest BCUT2D eigenvalue weighted by Crippen LogP contribution is 2.30. The van der Waals surface area contributed by atoms with E-state index in [2.05, 4.69) is 4.90 Å². The fourth-order valence-corrected chi connectivity index (χ4v) is 2.91. The number of nitrogens with zero attached hydrogens (tertiary/aromatic N) is 1. The van der Waals surface area contributed by atoms with Crippen molar-refractivity contribution in [1.82, 2.24) is 4.90 Å². The van der Waals surface area contributed by atoms with Crippen LogP contribution >= 0.6 is 0 Å². The van der Waals surface area contributed by atoms with E-state index >= 15 is 0 Å². The van der Waals surface area contributed by atoms with Crippen molar-refractivity contribution in [1.29, 1.82) is 0 Å². The molecule has 0 unspecified atom stereocenters. The van der Waals surface area contributed by atoms with E-state index in [0.717, 1.165) is 32.4 Å². The highest BCUT2D eigenvalue weighted by atomic mass is 16.4. The van der Waals surface area contributed by atoms with Gasteiger partial charge in [0, 0.05) is 6.04 Å². The lowest BCUT2D eigenvalue weighted by atomic mass is 9.84. The van der Waals surface area contributed by atoms with Gasteiger partial charge in [-0.1, -0.05) is 12.8 Å². The van der Waals surface area contributed by atoms with E-state index in [-0.39, 0.29) is 5.92 Å². The molecule has 2 rings (SSSR count). The normalized spacial score (nSPS) is 34.6. The quantitative estimate of drug-likeness (QED) is 0.733. The number of hydrogen-bond acceptors (Lipinski definition) is 2. The minimum atomic E-state index is -0.582. The number of carboxylic acid groups (broad SMARTS) is 1. The summed E-state index contributed by atoms with van der Waals surface area (Å²) in [5.74, 6) is -0.677. The van der Waals surface area contributed by atoms with E-state index in [9.17, 15) is 4.79 Å². The third-order valence-electron chi connectivity index (χ3n) is 3.66. The van der Waals surface area contributed by atoms with Crippen LogP contribution in [0, 0.1) is 5.92 Å². The standard InChI is InChI=1S/C11H19NO2/c13-11(14)9-5-1-2-6-10(9)12-7-3-4-8-12/h9-10H,1-8H2,(H,13,14)/t9-,10+/m0/s1. The third kappa shape index (κ3) is 1.92. The molecular formula is C11H19NO2. The van der Waals surface area contributed by atoms with Crippen molar-refractivity contribution < 1.29 is 9.90 Å². The molecule has 3 heteroatoms. The predicted molar refractivity (Wildman–Crippen MR) is 54.2 cm³/mol. The molecule has 2 atom stereocenters. The van der Waals surface area contributed by atoms with Crippen LogP contribution < -0.4 is 0 Å². The van der Waals surface area contributed by atoms with Crippen LogP contribution in [0.15, 0.2) is 0 Å². The van der Waals surface area contributed by atoms with E-state index < -0.39 is 5.97 Å². The molecule has 1 heterocycles. The van der Waals surface area contributed by atoms with Crippen molar-refractivity contribution in [2.75, 3.05) is 13.1 Å². The Kier molecular flexibility index (Phi) is 3.06. The van der Waals surface area contributed by atoms with Gasteiger partial charge in [0.25, 0.3) is 0 Å². The Labute approximate surface area is 85.1 Å². The van der Waals surface area contributed by atoms with Gasteiger partial charge in [0.2, 0.25) is 0 Å². The van der Waals surface area contributed by atoms with Crippen molar-refractivity contribution in [2.24, 2.45) is 5.92 Å². The molecule has 0 bridgehead atoms. The minimum absolute atomic E-state index is 0.0955. The summed E-state index contributed by atoms with van der Waals surface area (Å²) < 4.78 is 0. The average molecular weight is 197 g/mol. The zero-order chi connectivity index (χ0) is 9.97. The molecule has 1 saturated heterocycles.